The SMILES string of the molecule is CC1(C)c2cc(-c3cccc(-c4nc(-c5ccc(-c6ccccc6)cc5)nc(-c5cccc6c5oc5ccccc56)n4)c3)ccc2-c2ccc3nc(-c4ccccc4)oc3c21. The summed E-state index contributed by atoms with van der Waals surface area (Å²) >= 11 is 0. The van der Waals surface area contributed by atoms with E-state index >= 15 is 0 Å². The lowest BCUT2D eigenvalue weighted by Gasteiger charge is -2.22. The minimum atomic E-state index is -0.322. The maximum absolute atomic E-state index is 6.56. The standard InChI is InChI=1S/C55H36N4O2/c1-55(2)45-32-38(27-28-40(45)42-29-30-46-50(48(42)55)61-54(56-46)36-15-7-4-8-16-36)37-17-11-18-39(31-37)52-57-51(35-25-23-34(24-26-35)33-13-5-3-6-14-33)58-53(59-52)44-21-12-20-43-41-19-9-10-22-47(41)60-49(43)44/h3-32H,1-2H3. The molecule has 61 heavy (non-hydrogen) atoms. The Morgan fingerprint density at radius 1 is 0.377 bits per heavy atom. The fourth-order valence-electron chi connectivity index (χ4n) is 9.11. The molecule has 0 atom stereocenters. The van der Waals surface area contributed by atoms with E-state index in [4.69, 9.17) is 28.8 Å². The molecule has 0 bridgehead atoms. The third-order valence-electron chi connectivity index (χ3n) is 12.2. The van der Waals surface area contributed by atoms with Crippen LogP contribution in [0.5, 0.6) is 0 Å². The highest BCUT2D eigenvalue weighted by Crippen LogP contribution is 2.52. The second kappa shape index (κ2) is 13.5. The lowest BCUT2D eigenvalue weighted by Crippen LogP contribution is -2.15. The molecule has 0 spiro atoms. The molecule has 0 aliphatic heterocycles. The maximum Gasteiger partial charge on any atom is 0.227 e. The van der Waals surface area contributed by atoms with Gasteiger partial charge in [-0.2, -0.15) is 0 Å². The zero-order valence-electron chi connectivity index (χ0n) is 33.4. The van der Waals surface area contributed by atoms with Gasteiger partial charge in [0.15, 0.2) is 23.1 Å². The van der Waals surface area contributed by atoms with E-state index in [1.165, 1.54) is 22.3 Å². The average molecular weight is 785 g/mol. The summed E-state index contributed by atoms with van der Waals surface area (Å²) < 4.78 is 13.0. The minimum absolute atomic E-state index is 0.322. The zero-order chi connectivity index (χ0) is 40.7. The third-order valence-corrected chi connectivity index (χ3v) is 12.2. The summed E-state index contributed by atoms with van der Waals surface area (Å²) in [6.45, 7) is 4.57. The summed E-state index contributed by atoms with van der Waals surface area (Å²) in [6.07, 6.45) is 0. The first-order valence-corrected chi connectivity index (χ1v) is 20.5. The molecule has 3 aromatic heterocycles. The van der Waals surface area contributed by atoms with Crippen LogP contribution in [-0.4, -0.2) is 19.9 Å². The molecule has 0 saturated carbocycles. The van der Waals surface area contributed by atoms with Crippen LogP contribution < -0.4 is 0 Å². The van der Waals surface area contributed by atoms with Crippen molar-refractivity contribution < 1.29 is 8.83 Å². The Morgan fingerprint density at radius 2 is 0.967 bits per heavy atom. The van der Waals surface area contributed by atoms with Gasteiger partial charge in [-0.05, 0) is 81.4 Å². The highest BCUT2D eigenvalue weighted by Gasteiger charge is 2.39. The summed E-state index contributed by atoms with van der Waals surface area (Å²) in [5.41, 5.74) is 15.8. The summed E-state index contributed by atoms with van der Waals surface area (Å²) in [7, 11) is 0. The first-order chi connectivity index (χ1) is 30.0. The second-order valence-corrected chi connectivity index (χ2v) is 16.2. The second-order valence-electron chi connectivity index (χ2n) is 16.2. The topological polar surface area (TPSA) is 77.8 Å². The van der Waals surface area contributed by atoms with Crippen molar-refractivity contribution >= 4 is 33.0 Å². The first-order valence-electron chi connectivity index (χ1n) is 20.5. The van der Waals surface area contributed by atoms with Crippen molar-refractivity contribution in [2.24, 2.45) is 0 Å². The van der Waals surface area contributed by atoms with Crippen LogP contribution in [0.3, 0.4) is 0 Å². The van der Waals surface area contributed by atoms with Gasteiger partial charge < -0.3 is 8.83 Å². The van der Waals surface area contributed by atoms with E-state index in [1.54, 1.807) is 0 Å². The monoisotopic (exact) mass is 784 g/mol. The molecule has 8 aromatic carbocycles. The van der Waals surface area contributed by atoms with Crippen LogP contribution in [0.15, 0.2) is 191 Å². The highest BCUT2D eigenvalue weighted by atomic mass is 16.3. The molecule has 1 aliphatic carbocycles. The molecular weight excluding hydrogens is 749 g/mol. The molecule has 0 radical (unpaired) electrons. The lowest BCUT2D eigenvalue weighted by atomic mass is 9.81. The van der Waals surface area contributed by atoms with Gasteiger partial charge >= 0.3 is 0 Å². The van der Waals surface area contributed by atoms with Gasteiger partial charge in [0.25, 0.3) is 0 Å². The summed E-state index contributed by atoms with van der Waals surface area (Å²) in [5, 5.41) is 2.08. The number of benzene rings is 8. The molecule has 1 aliphatic rings. The normalized spacial score (nSPS) is 12.9. The van der Waals surface area contributed by atoms with Gasteiger partial charge in [-0.15, -0.1) is 0 Å². The number of para-hydroxylation sites is 2. The van der Waals surface area contributed by atoms with Crippen LogP contribution in [-0.2, 0) is 5.41 Å². The van der Waals surface area contributed by atoms with Gasteiger partial charge in [-0.1, -0.05) is 153 Å². The molecule has 0 fully saturated rings. The van der Waals surface area contributed by atoms with Crippen LogP contribution in [0.2, 0.25) is 0 Å². The molecule has 3 heterocycles. The smallest absolute Gasteiger partial charge is 0.227 e. The number of furan rings is 1. The van der Waals surface area contributed by atoms with Crippen molar-refractivity contribution in [2.75, 3.05) is 0 Å². The van der Waals surface area contributed by atoms with Gasteiger partial charge in [-0.25, -0.2) is 19.9 Å². The van der Waals surface area contributed by atoms with Crippen LogP contribution in [0.4, 0.5) is 0 Å². The number of nitrogens with zero attached hydrogens (tertiary/aromatic N) is 4. The predicted molar refractivity (Wildman–Crippen MR) is 245 cm³/mol. The van der Waals surface area contributed by atoms with Gasteiger partial charge in [0.05, 0.1) is 5.56 Å². The number of hydrogen-bond donors (Lipinski definition) is 0. The lowest BCUT2D eigenvalue weighted by molar-refractivity contribution is 0.593. The van der Waals surface area contributed by atoms with Gasteiger partial charge in [0, 0.05) is 38.4 Å². The molecular formula is C55H36N4O2. The number of oxazole rings is 1. The van der Waals surface area contributed by atoms with Gasteiger partial charge in [-0.3, -0.25) is 0 Å². The Bertz CT molecular complexity index is 3490. The van der Waals surface area contributed by atoms with Crippen LogP contribution in [0.25, 0.3) is 112 Å². The summed E-state index contributed by atoms with van der Waals surface area (Å²) in [6, 6.07) is 62.7. The van der Waals surface area contributed by atoms with Crippen LogP contribution in [0.1, 0.15) is 25.0 Å². The number of aromatic nitrogens is 4. The fraction of sp³-hybridized carbons (Fsp3) is 0.0545. The Balaban J connectivity index is 0.963. The van der Waals surface area contributed by atoms with E-state index < -0.39 is 0 Å². The van der Waals surface area contributed by atoms with Crippen molar-refractivity contribution in [2.45, 2.75) is 19.3 Å². The van der Waals surface area contributed by atoms with Crippen molar-refractivity contribution in [1.82, 2.24) is 19.9 Å². The Labute approximate surface area is 351 Å². The molecule has 6 heteroatoms. The first kappa shape index (κ1) is 35.0. The molecule has 0 saturated heterocycles. The average Bonchev–Trinajstić information content (AvgIpc) is 4.00. The van der Waals surface area contributed by atoms with Crippen molar-refractivity contribution in [3.05, 3.63) is 193 Å². The third kappa shape index (κ3) is 5.71. The molecule has 288 valence electrons. The molecule has 11 aromatic rings. The Hall–Kier alpha value is -7.96. The highest BCUT2D eigenvalue weighted by molar-refractivity contribution is 6.09. The van der Waals surface area contributed by atoms with Crippen LogP contribution >= 0.6 is 0 Å². The summed E-state index contributed by atoms with van der Waals surface area (Å²) in [4.78, 5) is 20.4. The maximum atomic E-state index is 6.56. The Morgan fingerprint density at radius 3 is 1.79 bits per heavy atom. The van der Waals surface area contributed by atoms with Crippen molar-refractivity contribution in [3.8, 4) is 79.0 Å². The fourth-order valence-corrected chi connectivity index (χ4v) is 9.11. The number of hydrogen-bond acceptors (Lipinski definition) is 6. The summed E-state index contributed by atoms with van der Waals surface area (Å²) in [5.74, 6) is 2.35. The van der Waals surface area contributed by atoms with E-state index in [0.717, 1.165) is 77.5 Å². The number of rotatable bonds is 6. The molecule has 12 rings (SSSR count). The minimum Gasteiger partial charge on any atom is -0.455 e. The quantitative estimate of drug-likeness (QED) is 0.167. The molecule has 0 unspecified atom stereocenters. The van der Waals surface area contributed by atoms with Crippen molar-refractivity contribution in [1.29, 1.82) is 0 Å². The zero-order valence-corrected chi connectivity index (χ0v) is 33.4. The number of fused-ring (bicyclic) bond motifs is 8. The van der Waals surface area contributed by atoms with E-state index in [1.807, 2.05) is 66.7 Å². The molecule has 0 N–H and O–H groups in total. The van der Waals surface area contributed by atoms with Gasteiger partial charge in [0.2, 0.25) is 5.89 Å². The Kier molecular flexibility index (Phi) is 7.78. The van der Waals surface area contributed by atoms with Gasteiger partial charge in [0.1, 0.15) is 16.7 Å². The van der Waals surface area contributed by atoms with E-state index in [-0.39, 0.29) is 5.41 Å². The molecule has 6 nitrogen and oxygen atoms in total. The largest absolute Gasteiger partial charge is 0.455 e. The molecule has 0 amide bonds. The van der Waals surface area contributed by atoms with E-state index in [0.29, 0.717) is 23.4 Å². The van der Waals surface area contributed by atoms with E-state index in [9.17, 15) is 0 Å². The van der Waals surface area contributed by atoms with E-state index in [2.05, 4.69) is 129 Å². The van der Waals surface area contributed by atoms with Crippen molar-refractivity contribution in [3.63, 3.8) is 0 Å². The van der Waals surface area contributed by atoms with Crippen LogP contribution in [0, 0.1) is 0 Å². The predicted octanol–water partition coefficient (Wildman–Crippen LogP) is 14.2.